The van der Waals surface area contributed by atoms with E-state index in [1.165, 1.54) is 0 Å². The highest BCUT2D eigenvalue weighted by atomic mass is 31.2. The van der Waals surface area contributed by atoms with Crippen LogP contribution in [0.25, 0.3) is 0 Å². The van der Waals surface area contributed by atoms with Crippen LogP contribution in [0.3, 0.4) is 0 Å². The molecule has 1 fully saturated rings. The Bertz CT molecular complexity index is 1030. The van der Waals surface area contributed by atoms with Gasteiger partial charge in [-0.25, -0.2) is 4.67 Å². The number of halogens is 3. The van der Waals surface area contributed by atoms with Crippen LogP contribution in [0.2, 0.25) is 18.1 Å². The average Bonchev–Trinajstić information content (AvgIpc) is 3.16. The van der Waals surface area contributed by atoms with Gasteiger partial charge in [-0.1, -0.05) is 20.8 Å². The van der Waals surface area contributed by atoms with Gasteiger partial charge in [-0.15, -0.1) is 0 Å². The highest BCUT2D eigenvalue weighted by Crippen LogP contribution is 2.59. The van der Waals surface area contributed by atoms with Gasteiger partial charge < -0.3 is 32.6 Å². The Morgan fingerprint density at radius 1 is 1.18 bits per heavy atom. The van der Waals surface area contributed by atoms with Crippen molar-refractivity contribution in [2.75, 3.05) is 19.8 Å². The molecule has 1 amide bonds. The van der Waals surface area contributed by atoms with Crippen molar-refractivity contribution in [1.29, 1.82) is 5.26 Å². The zero-order valence-corrected chi connectivity index (χ0v) is 31.6. The van der Waals surface area contributed by atoms with Gasteiger partial charge in [0.1, 0.15) is 13.6 Å². The molecule has 5 atom stereocenters. The molecule has 11 nitrogen and oxygen atoms in total. The van der Waals surface area contributed by atoms with Crippen LogP contribution in [0.4, 0.5) is 13.2 Å². The molecule has 262 valence electrons. The van der Waals surface area contributed by atoms with Gasteiger partial charge in [-0.3, -0.25) is 9.36 Å². The van der Waals surface area contributed by atoms with Crippen molar-refractivity contribution < 1.29 is 49.8 Å². The normalized spacial score (nSPS) is 23.0. The number of rotatable bonds is 18. The van der Waals surface area contributed by atoms with Crippen LogP contribution in [-0.4, -0.2) is 88.5 Å². The number of amides is 1. The summed E-state index contributed by atoms with van der Waals surface area (Å²) in [6.07, 6.45) is -6.66. The van der Waals surface area contributed by atoms with Crippen molar-refractivity contribution in [1.82, 2.24) is 9.99 Å². The van der Waals surface area contributed by atoms with Crippen LogP contribution in [0.15, 0.2) is 0 Å². The molecule has 0 saturated carbocycles. The van der Waals surface area contributed by atoms with Gasteiger partial charge in [0.2, 0.25) is 0 Å². The number of nitrogens with one attached hydrogen (secondary N) is 1. The van der Waals surface area contributed by atoms with E-state index in [0.29, 0.717) is 0 Å². The van der Waals surface area contributed by atoms with Gasteiger partial charge in [0, 0.05) is 24.9 Å². The quantitative estimate of drug-likeness (QED) is 0.0972. The lowest BCUT2D eigenvalue weighted by Gasteiger charge is -2.43. The molecule has 0 aromatic rings. The van der Waals surface area contributed by atoms with Crippen LogP contribution < -0.4 is 5.32 Å². The summed E-state index contributed by atoms with van der Waals surface area (Å²) in [6, 6.07) is 1.14. The van der Waals surface area contributed by atoms with E-state index in [2.05, 4.69) is 5.32 Å². The third-order valence-corrected chi connectivity index (χ3v) is 16.7. The van der Waals surface area contributed by atoms with E-state index in [1.807, 2.05) is 72.3 Å². The molecule has 0 aromatic carbocycles. The summed E-state index contributed by atoms with van der Waals surface area (Å²) in [5, 5.41) is 10.7. The molecule has 1 aliphatic heterocycles. The number of carbonyl (C=O) groups is 1. The van der Waals surface area contributed by atoms with Crippen LogP contribution in [0.1, 0.15) is 81.6 Å². The first-order valence-electron chi connectivity index (χ1n) is 15.4. The Labute approximate surface area is 270 Å². The standard InChI is InChI=1S/C27H53BF3N3O8P2Si/c1-12-38-44(36,39-13-2)22(42-45(10,11)25(7,8)9)18-26(33-24(35)27(29,30)31)17-21(23(28)40-26)41-43(37-16-14-15-32)34(19(3)4)20(5)6/h19-23H,12-14,16-18,28H2,1-11H3,(H,33,35)/t21?,22?,23-,26-,43?/m1/s1. The average molecular weight is 706 g/mol. The maximum Gasteiger partial charge on any atom is 0.471 e. The summed E-state index contributed by atoms with van der Waals surface area (Å²) in [4.78, 5) is 12.5. The van der Waals surface area contributed by atoms with Crippen molar-refractivity contribution in [3.63, 3.8) is 0 Å². The van der Waals surface area contributed by atoms with E-state index in [4.69, 9.17) is 32.5 Å². The molecule has 0 bridgehead atoms. The maximum atomic E-state index is 14.2. The largest absolute Gasteiger partial charge is 0.471 e. The Balaban J connectivity index is 3.69. The van der Waals surface area contributed by atoms with E-state index in [9.17, 15) is 22.5 Å². The lowest BCUT2D eigenvalue weighted by Crippen LogP contribution is -2.56. The van der Waals surface area contributed by atoms with E-state index in [-0.39, 0.29) is 49.8 Å². The van der Waals surface area contributed by atoms with Gasteiger partial charge in [-0.2, -0.15) is 18.4 Å². The molecule has 0 aromatic heterocycles. The number of carbonyl (C=O) groups excluding carboxylic acids is 1. The van der Waals surface area contributed by atoms with Gasteiger partial charge in [-0.05, 0) is 59.7 Å². The van der Waals surface area contributed by atoms with Crippen LogP contribution in [0.5, 0.6) is 0 Å². The second-order valence-electron chi connectivity index (χ2n) is 13.1. The SMILES string of the molecule is B[C@@H]1O[C@](CC(O[Si](C)(C)C(C)(C)C)P(=O)(OCC)OCC)(NC(=O)C(F)(F)F)CC1OP(OCCC#N)N(C(C)C)C(C)C. The first kappa shape index (κ1) is 42.4. The molecule has 0 radical (unpaired) electrons. The Morgan fingerprint density at radius 2 is 1.71 bits per heavy atom. The second-order valence-corrected chi connectivity index (χ2v) is 21.4. The number of nitrogens with zero attached hydrogens (tertiary/aromatic N) is 2. The molecule has 1 saturated heterocycles. The number of alkyl halides is 3. The minimum Gasteiger partial charge on any atom is -0.403 e. The van der Waals surface area contributed by atoms with Gasteiger partial charge >= 0.3 is 19.7 Å². The highest BCUT2D eigenvalue weighted by molar-refractivity contribution is 7.54. The molecule has 3 unspecified atom stereocenters. The Hall–Kier alpha value is -0.588. The first-order chi connectivity index (χ1) is 20.5. The molecule has 45 heavy (non-hydrogen) atoms. The number of ether oxygens (including phenoxy) is 1. The summed E-state index contributed by atoms with van der Waals surface area (Å²) in [7, 11) is -7.01. The highest BCUT2D eigenvalue weighted by Gasteiger charge is 2.56. The Kier molecular flexibility index (Phi) is 16.2. The number of hydrogen-bond donors (Lipinski definition) is 1. The Morgan fingerprint density at radius 3 is 2.13 bits per heavy atom. The minimum absolute atomic E-state index is 0.00981. The van der Waals surface area contributed by atoms with E-state index in [1.54, 1.807) is 21.7 Å². The van der Waals surface area contributed by atoms with Gasteiger partial charge in [0.05, 0.1) is 44.4 Å². The van der Waals surface area contributed by atoms with E-state index < -0.39 is 66.6 Å². The lowest BCUT2D eigenvalue weighted by molar-refractivity contribution is -0.183. The van der Waals surface area contributed by atoms with Crippen molar-refractivity contribution in [2.24, 2.45) is 0 Å². The topological polar surface area (TPSA) is 129 Å². The van der Waals surface area contributed by atoms with E-state index in [0.717, 1.165) is 0 Å². The lowest BCUT2D eigenvalue weighted by atomic mass is 9.93. The molecule has 1 heterocycles. The summed E-state index contributed by atoms with van der Waals surface area (Å²) in [5.41, 5.74) is -2.01. The molecule has 18 heteroatoms. The molecule has 1 N–H and O–H groups in total. The molecule has 0 aliphatic carbocycles. The number of nitriles is 1. The molecular weight excluding hydrogens is 652 g/mol. The van der Waals surface area contributed by atoms with Crippen molar-refractivity contribution in [2.45, 2.75) is 142 Å². The molecule has 1 rings (SSSR count). The van der Waals surface area contributed by atoms with Crippen molar-refractivity contribution in [3.8, 4) is 6.07 Å². The summed E-state index contributed by atoms with van der Waals surface area (Å²) < 4.78 is 93.7. The third kappa shape index (κ3) is 12.1. The van der Waals surface area contributed by atoms with Crippen molar-refractivity contribution in [3.05, 3.63) is 0 Å². The second kappa shape index (κ2) is 17.2. The predicted molar refractivity (Wildman–Crippen MR) is 173 cm³/mol. The zero-order valence-electron chi connectivity index (χ0n) is 28.8. The smallest absolute Gasteiger partial charge is 0.403 e. The molecule has 0 spiro atoms. The van der Waals surface area contributed by atoms with Crippen LogP contribution >= 0.6 is 16.1 Å². The third-order valence-electron chi connectivity index (χ3n) is 7.66. The van der Waals surface area contributed by atoms with Gasteiger partial charge in [0.25, 0.3) is 8.53 Å². The fourth-order valence-electron chi connectivity index (χ4n) is 4.63. The first-order valence-corrected chi connectivity index (χ1v) is 21.0. The minimum atomic E-state index is -5.23. The van der Waals surface area contributed by atoms with E-state index >= 15 is 0 Å². The van der Waals surface area contributed by atoms with Crippen molar-refractivity contribution >= 4 is 38.2 Å². The molecule has 1 aliphatic rings. The van der Waals surface area contributed by atoms with Crippen LogP contribution in [0, 0.1) is 11.3 Å². The summed E-state index contributed by atoms with van der Waals surface area (Å²) in [6.45, 7) is 20.8. The fraction of sp³-hybridized carbons (Fsp3) is 0.926. The van der Waals surface area contributed by atoms with Gasteiger partial charge in [0.15, 0.2) is 14.2 Å². The molecular formula is C27H53BF3N3O8P2Si. The zero-order chi connectivity index (χ0) is 35.0. The maximum absolute atomic E-state index is 14.2. The van der Waals surface area contributed by atoms with Crippen LogP contribution in [-0.2, 0) is 36.6 Å². The fourth-order valence-corrected chi connectivity index (χ4v) is 10.5. The summed E-state index contributed by atoms with van der Waals surface area (Å²) in [5.74, 6) is -3.59. The monoisotopic (exact) mass is 705 g/mol. The summed E-state index contributed by atoms with van der Waals surface area (Å²) >= 11 is 0. The number of hydrogen-bond acceptors (Lipinski definition) is 10. The predicted octanol–water partition coefficient (Wildman–Crippen LogP) is 6.41.